The molecular weight excluding hydrogens is 398 g/mol. The van der Waals surface area contributed by atoms with Crippen molar-refractivity contribution in [1.82, 2.24) is 19.7 Å². The van der Waals surface area contributed by atoms with E-state index in [-0.39, 0.29) is 16.9 Å². The molecule has 6 nitrogen and oxygen atoms in total. The van der Waals surface area contributed by atoms with Crippen molar-refractivity contribution in [2.45, 2.75) is 6.18 Å². The lowest BCUT2D eigenvalue weighted by molar-refractivity contribution is -0.138. The number of nitrogens with zero attached hydrogens (tertiary/aromatic N) is 5. The second-order valence-corrected chi connectivity index (χ2v) is 7.41. The average Bonchev–Trinajstić information content (AvgIpc) is 3.26. The number of hydrogen-bond acceptors (Lipinski definition) is 5. The Morgan fingerprint density at radius 2 is 1.82 bits per heavy atom. The van der Waals surface area contributed by atoms with Crippen LogP contribution >= 0.6 is 11.3 Å². The Kier molecular flexibility index (Phi) is 4.48. The van der Waals surface area contributed by atoms with Crippen LogP contribution in [0, 0.1) is 5.82 Å². The second-order valence-electron chi connectivity index (χ2n) is 6.46. The van der Waals surface area contributed by atoms with Gasteiger partial charge in [-0.1, -0.05) is 11.3 Å². The minimum Gasteiger partial charge on any atom is -0.343 e. The van der Waals surface area contributed by atoms with E-state index in [0.29, 0.717) is 48.6 Å². The number of amides is 1. The minimum atomic E-state index is -4.51. The number of benzene rings is 1. The molecule has 0 aliphatic carbocycles. The van der Waals surface area contributed by atoms with E-state index in [1.165, 1.54) is 12.1 Å². The third-order valence-electron chi connectivity index (χ3n) is 4.72. The molecule has 1 aromatic carbocycles. The number of hydrogen-bond donors (Lipinski definition) is 0. The molecule has 0 N–H and O–H groups in total. The van der Waals surface area contributed by atoms with E-state index in [2.05, 4.69) is 10.2 Å². The van der Waals surface area contributed by atoms with Gasteiger partial charge in [-0.3, -0.25) is 4.79 Å². The van der Waals surface area contributed by atoms with Crippen molar-refractivity contribution in [2.24, 2.45) is 7.05 Å². The van der Waals surface area contributed by atoms with Crippen LogP contribution in [0.5, 0.6) is 0 Å². The molecule has 0 saturated carbocycles. The maximum atomic E-state index is 13.4. The van der Waals surface area contributed by atoms with E-state index in [9.17, 15) is 22.4 Å². The number of piperazine rings is 1. The van der Waals surface area contributed by atoms with Crippen molar-refractivity contribution in [2.75, 3.05) is 31.1 Å². The standard InChI is InChI=1S/C17H15F4N5OS/c1-24-12-3-2-11(18)8-10(12)9-13(24)14(27)25-4-6-26(7-5-25)16-23-22-15(28-16)17(19,20)21/h2-3,8-9H,4-7H2,1H3. The summed E-state index contributed by atoms with van der Waals surface area (Å²) in [6, 6.07) is 5.98. The lowest BCUT2D eigenvalue weighted by Crippen LogP contribution is -2.49. The van der Waals surface area contributed by atoms with Gasteiger partial charge in [-0.2, -0.15) is 13.2 Å². The molecule has 2 aromatic heterocycles. The number of alkyl halides is 3. The highest BCUT2D eigenvalue weighted by Gasteiger charge is 2.36. The Hall–Kier alpha value is -2.69. The number of carbonyl (C=O) groups excluding carboxylic acids is 1. The van der Waals surface area contributed by atoms with Crippen LogP contribution in [0.25, 0.3) is 10.9 Å². The smallest absolute Gasteiger partial charge is 0.343 e. The van der Waals surface area contributed by atoms with Gasteiger partial charge in [-0.15, -0.1) is 10.2 Å². The molecule has 1 aliphatic heterocycles. The molecule has 3 aromatic rings. The van der Waals surface area contributed by atoms with Gasteiger partial charge in [0.05, 0.1) is 0 Å². The van der Waals surface area contributed by atoms with Crippen molar-refractivity contribution in [3.05, 3.63) is 40.8 Å². The van der Waals surface area contributed by atoms with Crippen LogP contribution in [-0.4, -0.2) is 51.8 Å². The molecule has 4 rings (SSSR count). The molecule has 28 heavy (non-hydrogen) atoms. The van der Waals surface area contributed by atoms with Gasteiger partial charge in [0.1, 0.15) is 11.5 Å². The number of aromatic nitrogens is 3. The fourth-order valence-corrected chi connectivity index (χ4v) is 4.01. The van der Waals surface area contributed by atoms with Crippen molar-refractivity contribution < 1.29 is 22.4 Å². The highest BCUT2D eigenvalue weighted by Crippen LogP contribution is 2.34. The van der Waals surface area contributed by atoms with Crippen molar-refractivity contribution >= 4 is 33.3 Å². The van der Waals surface area contributed by atoms with Crippen LogP contribution in [0.4, 0.5) is 22.7 Å². The monoisotopic (exact) mass is 413 g/mol. The van der Waals surface area contributed by atoms with Crippen LogP contribution in [0.1, 0.15) is 15.5 Å². The van der Waals surface area contributed by atoms with E-state index >= 15 is 0 Å². The summed E-state index contributed by atoms with van der Waals surface area (Å²) in [5.74, 6) is -0.576. The number of halogens is 4. The Morgan fingerprint density at radius 1 is 1.11 bits per heavy atom. The normalized spacial score (nSPS) is 15.5. The third kappa shape index (κ3) is 3.30. The SMILES string of the molecule is Cn1c(C(=O)N2CCN(c3nnc(C(F)(F)F)s3)CC2)cc2cc(F)ccc21. The molecule has 0 bridgehead atoms. The number of rotatable bonds is 2. The summed E-state index contributed by atoms with van der Waals surface area (Å²) in [7, 11) is 1.74. The zero-order chi connectivity index (χ0) is 20.1. The van der Waals surface area contributed by atoms with Gasteiger partial charge in [0, 0.05) is 44.1 Å². The predicted molar refractivity (Wildman–Crippen MR) is 95.9 cm³/mol. The van der Waals surface area contributed by atoms with E-state index in [1.807, 2.05) is 0 Å². The number of carbonyl (C=O) groups is 1. The van der Waals surface area contributed by atoms with Crippen LogP contribution < -0.4 is 4.90 Å². The van der Waals surface area contributed by atoms with Crippen LogP contribution in [0.3, 0.4) is 0 Å². The maximum absolute atomic E-state index is 13.4. The molecule has 11 heteroatoms. The van der Waals surface area contributed by atoms with Gasteiger partial charge < -0.3 is 14.4 Å². The summed E-state index contributed by atoms with van der Waals surface area (Å²) < 4.78 is 53.2. The molecule has 148 valence electrons. The molecule has 1 fully saturated rings. The van der Waals surface area contributed by atoms with Crippen molar-refractivity contribution in [1.29, 1.82) is 0 Å². The van der Waals surface area contributed by atoms with Gasteiger partial charge in [-0.05, 0) is 24.3 Å². The van der Waals surface area contributed by atoms with Gasteiger partial charge in [0.15, 0.2) is 0 Å². The fraction of sp³-hybridized carbons (Fsp3) is 0.353. The molecule has 1 aliphatic rings. The number of aryl methyl sites for hydroxylation is 1. The quantitative estimate of drug-likeness (QED) is 0.606. The summed E-state index contributed by atoms with van der Waals surface area (Å²) >= 11 is 0.495. The zero-order valence-corrected chi connectivity index (χ0v) is 15.5. The Balaban J connectivity index is 1.47. The predicted octanol–water partition coefficient (Wildman–Crippen LogP) is 3.15. The van der Waals surface area contributed by atoms with Gasteiger partial charge in [0.25, 0.3) is 5.91 Å². The maximum Gasteiger partial charge on any atom is 0.445 e. The first kappa shape index (κ1) is 18.7. The summed E-state index contributed by atoms with van der Waals surface area (Å²) in [6.07, 6.45) is -4.51. The zero-order valence-electron chi connectivity index (χ0n) is 14.7. The Morgan fingerprint density at radius 3 is 2.46 bits per heavy atom. The molecular formula is C17H15F4N5OS. The summed E-state index contributed by atoms with van der Waals surface area (Å²) in [5, 5.41) is 6.66. The van der Waals surface area contributed by atoms with Crippen LogP contribution in [-0.2, 0) is 13.2 Å². The van der Waals surface area contributed by atoms with Crippen molar-refractivity contribution in [3.63, 3.8) is 0 Å². The molecule has 0 unspecified atom stereocenters. The molecule has 0 atom stereocenters. The topological polar surface area (TPSA) is 54.3 Å². The Labute approximate surface area is 161 Å². The lowest BCUT2D eigenvalue weighted by Gasteiger charge is -2.34. The first-order valence-electron chi connectivity index (χ1n) is 8.44. The summed E-state index contributed by atoms with van der Waals surface area (Å²) in [4.78, 5) is 16.2. The molecule has 0 spiro atoms. The van der Waals surface area contributed by atoms with Gasteiger partial charge in [-0.25, -0.2) is 4.39 Å². The number of anilines is 1. The second kappa shape index (κ2) is 6.73. The number of fused-ring (bicyclic) bond motifs is 1. The molecule has 1 saturated heterocycles. The lowest BCUT2D eigenvalue weighted by atomic mass is 10.2. The average molecular weight is 413 g/mol. The van der Waals surface area contributed by atoms with Crippen molar-refractivity contribution in [3.8, 4) is 0 Å². The largest absolute Gasteiger partial charge is 0.445 e. The molecule has 1 amide bonds. The highest BCUT2D eigenvalue weighted by molar-refractivity contribution is 7.15. The molecule has 0 radical (unpaired) electrons. The van der Waals surface area contributed by atoms with E-state index in [0.717, 1.165) is 5.52 Å². The Bertz CT molecular complexity index is 1040. The molecule has 3 heterocycles. The summed E-state index contributed by atoms with van der Waals surface area (Å²) in [6.45, 7) is 1.40. The first-order valence-corrected chi connectivity index (χ1v) is 9.25. The minimum absolute atomic E-state index is 0.194. The van der Waals surface area contributed by atoms with Crippen LogP contribution in [0.15, 0.2) is 24.3 Å². The van der Waals surface area contributed by atoms with E-state index in [1.54, 1.807) is 33.5 Å². The highest BCUT2D eigenvalue weighted by atomic mass is 32.1. The van der Waals surface area contributed by atoms with Gasteiger partial charge >= 0.3 is 6.18 Å². The third-order valence-corrected chi connectivity index (χ3v) is 5.75. The van der Waals surface area contributed by atoms with Crippen LogP contribution in [0.2, 0.25) is 0 Å². The van der Waals surface area contributed by atoms with E-state index in [4.69, 9.17) is 0 Å². The summed E-state index contributed by atoms with van der Waals surface area (Å²) in [5.41, 5.74) is 1.18. The first-order chi connectivity index (χ1) is 13.2. The van der Waals surface area contributed by atoms with E-state index < -0.39 is 11.2 Å². The van der Waals surface area contributed by atoms with Gasteiger partial charge in [0.2, 0.25) is 10.1 Å². The fourth-order valence-electron chi connectivity index (χ4n) is 3.25.